The number of rotatable bonds is 14. The van der Waals surface area contributed by atoms with Crippen molar-refractivity contribution >= 4 is 45.6 Å². The molecule has 5 rings (SSSR count). The number of ketones is 1. The van der Waals surface area contributed by atoms with Crippen molar-refractivity contribution in [2.24, 2.45) is 17.3 Å². The minimum atomic E-state index is -3.89. The molecule has 14 nitrogen and oxygen atoms in total. The second-order valence-electron chi connectivity index (χ2n) is 15.2. The van der Waals surface area contributed by atoms with E-state index in [1.54, 1.807) is 32.9 Å². The number of Topliss-reactive ketones (excluding diaryl/α,β-unsaturated/α-hetero) is 1. The molecular formula is C36H47FN4O10S. The summed E-state index contributed by atoms with van der Waals surface area (Å²) in [6, 6.07) is 3.34. The quantitative estimate of drug-likeness (QED) is 0.212. The summed E-state index contributed by atoms with van der Waals surface area (Å²) in [5.41, 5.74) is -1.18. The summed E-state index contributed by atoms with van der Waals surface area (Å²) in [6.07, 6.45) is -0.0417. The zero-order valence-corrected chi connectivity index (χ0v) is 30.8. The van der Waals surface area contributed by atoms with Crippen molar-refractivity contribution in [2.45, 2.75) is 109 Å². The summed E-state index contributed by atoms with van der Waals surface area (Å²) in [6.45, 7) is 9.75. The van der Waals surface area contributed by atoms with Crippen molar-refractivity contribution in [3.8, 4) is 0 Å². The van der Waals surface area contributed by atoms with Gasteiger partial charge in [-0.15, -0.1) is 0 Å². The number of carbonyl (C=O) groups excluding carboxylic acids is 6. The molecule has 3 fully saturated rings. The number of esters is 1. The number of hydrogen-bond donors (Lipinski definition) is 2. The summed E-state index contributed by atoms with van der Waals surface area (Å²) in [7, 11) is -3.89. The Bertz CT molecular complexity index is 1760. The number of hydrogen-bond acceptors (Lipinski definition) is 10. The van der Waals surface area contributed by atoms with Crippen LogP contribution in [0.4, 0.5) is 9.18 Å². The highest BCUT2D eigenvalue weighted by Gasteiger charge is 2.61. The van der Waals surface area contributed by atoms with Crippen molar-refractivity contribution in [1.29, 1.82) is 0 Å². The molecule has 4 aliphatic rings. The van der Waals surface area contributed by atoms with Crippen molar-refractivity contribution in [3.05, 3.63) is 47.8 Å². The van der Waals surface area contributed by atoms with Crippen molar-refractivity contribution in [1.82, 2.24) is 19.8 Å². The molecule has 4 amide bonds. The minimum absolute atomic E-state index is 0.0284. The maximum absolute atomic E-state index is 14.4. The van der Waals surface area contributed by atoms with Crippen LogP contribution in [0.3, 0.4) is 0 Å². The average molecular weight is 747 g/mol. The monoisotopic (exact) mass is 746 g/mol. The van der Waals surface area contributed by atoms with Crippen LogP contribution in [-0.2, 0) is 56.6 Å². The molecule has 2 N–H and O–H groups in total. The number of fused-ring (bicyclic) bond motifs is 1. The fraction of sp³-hybridized carbons (Fsp3) is 0.611. The molecule has 2 heterocycles. The largest absolute Gasteiger partial charge is 0.460 e. The number of sulfonamides is 1. The molecule has 52 heavy (non-hydrogen) atoms. The van der Waals surface area contributed by atoms with Gasteiger partial charge in [0, 0.05) is 31.5 Å². The Morgan fingerprint density at radius 1 is 1.13 bits per heavy atom. The standard InChI is InChI=1S/C36H47FN4O10S/c1-6-23-15-36(23,33(46)39-52(48,49)25-11-12-25)16-29(42)28-14-24(50-34(47)40-18-21-9-8-10-27(37)26(21)20-40)19-41(28)32(45)22(17-38-30(43)7-2)13-31(44)51-35(3,4)5/h7-10,22-25,28H,2,6,11-20H2,1,3-5H3,(H,38,43)(H,39,46)/t22-,23+,24+,28-,36+/m0/s1. The number of nitrogens with one attached hydrogen (secondary N) is 2. The summed E-state index contributed by atoms with van der Waals surface area (Å²) < 4.78 is 53.1. The van der Waals surface area contributed by atoms with E-state index in [0.717, 1.165) is 6.08 Å². The average Bonchev–Trinajstić information content (AvgIpc) is 3.96. The highest BCUT2D eigenvalue weighted by atomic mass is 32.2. The van der Waals surface area contributed by atoms with Gasteiger partial charge in [0.25, 0.3) is 0 Å². The van der Waals surface area contributed by atoms with Gasteiger partial charge in [-0.1, -0.05) is 32.1 Å². The summed E-state index contributed by atoms with van der Waals surface area (Å²) in [5, 5.41) is 1.88. The lowest BCUT2D eigenvalue weighted by Gasteiger charge is -2.29. The Labute approximate surface area is 302 Å². The third kappa shape index (κ3) is 8.81. The van der Waals surface area contributed by atoms with Gasteiger partial charge in [0.15, 0.2) is 5.78 Å². The van der Waals surface area contributed by atoms with Crippen molar-refractivity contribution < 1.29 is 51.0 Å². The molecule has 284 valence electrons. The molecule has 1 aromatic carbocycles. The van der Waals surface area contributed by atoms with Crippen LogP contribution in [0, 0.1) is 23.1 Å². The number of benzene rings is 1. The Kier molecular flexibility index (Phi) is 11.2. The fourth-order valence-electron chi connectivity index (χ4n) is 7.13. The van der Waals surface area contributed by atoms with E-state index in [2.05, 4.69) is 16.6 Å². The molecule has 2 aliphatic heterocycles. The van der Waals surface area contributed by atoms with Crippen LogP contribution in [0.5, 0.6) is 0 Å². The number of nitrogens with zero attached hydrogens (tertiary/aromatic N) is 2. The van der Waals surface area contributed by atoms with Gasteiger partial charge in [0.05, 0.1) is 42.1 Å². The first-order chi connectivity index (χ1) is 24.4. The molecule has 2 saturated carbocycles. The molecule has 5 atom stereocenters. The predicted molar refractivity (Wildman–Crippen MR) is 184 cm³/mol. The maximum Gasteiger partial charge on any atom is 0.410 e. The third-order valence-corrected chi connectivity index (χ3v) is 11.9. The lowest BCUT2D eigenvalue weighted by molar-refractivity contribution is -0.158. The van der Waals surface area contributed by atoms with Crippen molar-refractivity contribution in [2.75, 3.05) is 13.1 Å². The second-order valence-corrected chi connectivity index (χ2v) is 17.2. The summed E-state index contributed by atoms with van der Waals surface area (Å²) in [5.74, 6) is -5.22. The zero-order chi connectivity index (χ0) is 38.2. The van der Waals surface area contributed by atoms with E-state index in [1.807, 2.05) is 6.92 Å². The van der Waals surface area contributed by atoms with Crippen molar-refractivity contribution in [3.63, 3.8) is 0 Å². The van der Waals surface area contributed by atoms with Crippen LogP contribution < -0.4 is 10.0 Å². The lowest BCUT2D eigenvalue weighted by atomic mass is 9.90. The van der Waals surface area contributed by atoms with E-state index >= 15 is 0 Å². The number of carbonyl (C=O) groups is 6. The highest BCUT2D eigenvalue weighted by molar-refractivity contribution is 7.90. The molecule has 0 spiro atoms. The maximum atomic E-state index is 14.4. The van der Waals surface area contributed by atoms with Crippen LogP contribution >= 0.6 is 0 Å². The number of ether oxygens (including phenoxy) is 2. The molecule has 1 saturated heterocycles. The number of likely N-dealkylation sites (tertiary alicyclic amines) is 1. The molecule has 1 aromatic rings. The van der Waals surface area contributed by atoms with Gasteiger partial charge in [0.2, 0.25) is 27.7 Å². The Morgan fingerprint density at radius 2 is 1.85 bits per heavy atom. The van der Waals surface area contributed by atoms with Gasteiger partial charge in [-0.2, -0.15) is 0 Å². The van der Waals surface area contributed by atoms with Crippen LogP contribution in [0.25, 0.3) is 0 Å². The molecule has 0 aromatic heterocycles. The highest BCUT2D eigenvalue weighted by Crippen LogP contribution is 2.58. The molecule has 0 bridgehead atoms. The Morgan fingerprint density at radius 3 is 2.44 bits per heavy atom. The van der Waals surface area contributed by atoms with E-state index in [-0.39, 0.29) is 51.4 Å². The van der Waals surface area contributed by atoms with E-state index in [1.165, 1.54) is 15.9 Å². The zero-order valence-electron chi connectivity index (χ0n) is 29.9. The van der Waals surface area contributed by atoms with Gasteiger partial charge in [0.1, 0.15) is 17.5 Å². The van der Waals surface area contributed by atoms with Crippen LogP contribution in [0.1, 0.15) is 83.8 Å². The van der Waals surface area contributed by atoms with Gasteiger partial charge in [-0.25, -0.2) is 17.6 Å². The van der Waals surface area contributed by atoms with Gasteiger partial charge >= 0.3 is 12.1 Å². The smallest absolute Gasteiger partial charge is 0.410 e. The minimum Gasteiger partial charge on any atom is -0.460 e. The molecular weight excluding hydrogens is 699 g/mol. The van der Waals surface area contributed by atoms with E-state index < -0.39 is 92.2 Å². The number of halogens is 1. The first-order valence-corrected chi connectivity index (χ1v) is 19.1. The van der Waals surface area contributed by atoms with E-state index in [9.17, 15) is 41.6 Å². The second kappa shape index (κ2) is 15.0. The Balaban J connectivity index is 1.38. The van der Waals surface area contributed by atoms with Crippen LogP contribution in [-0.4, -0.2) is 89.9 Å². The fourth-order valence-corrected chi connectivity index (χ4v) is 8.52. The first-order valence-electron chi connectivity index (χ1n) is 17.6. The third-order valence-electron chi connectivity index (χ3n) is 10.1. The summed E-state index contributed by atoms with van der Waals surface area (Å²) >= 11 is 0. The van der Waals surface area contributed by atoms with Gasteiger partial charge in [-0.3, -0.25) is 33.6 Å². The lowest BCUT2D eigenvalue weighted by Crippen LogP contribution is -2.48. The van der Waals surface area contributed by atoms with Crippen LogP contribution in [0.2, 0.25) is 0 Å². The molecule has 16 heteroatoms. The van der Waals surface area contributed by atoms with Gasteiger partial charge < -0.3 is 19.7 Å². The van der Waals surface area contributed by atoms with Crippen LogP contribution in [0.15, 0.2) is 30.9 Å². The summed E-state index contributed by atoms with van der Waals surface area (Å²) in [4.78, 5) is 82.8. The van der Waals surface area contributed by atoms with Gasteiger partial charge in [-0.05, 0) is 63.7 Å². The normalized spacial score (nSPS) is 24.4. The molecule has 2 aliphatic carbocycles. The van der Waals surface area contributed by atoms with E-state index in [4.69, 9.17) is 9.47 Å². The first kappa shape index (κ1) is 38.9. The molecule has 0 radical (unpaired) electrons. The SMILES string of the molecule is C=CC(=O)NC[C@H](CC(=O)OC(C)(C)C)C(=O)N1C[C@H](OC(=O)N2Cc3cccc(F)c3C2)C[C@H]1C(=O)C[C@]1(C(=O)NS(=O)(=O)C2CC2)C[C@H]1CC. The topological polar surface area (TPSA) is 186 Å². The predicted octanol–water partition coefficient (Wildman–Crippen LogP) is 2.88. The molecule has 0 unspecified atom stereocenters. The number of amides is 4. The van der Waals surface area contributed by atoms with E-state index in [0.29, 0.717) is 30.4 Å². The Hall–Kier alpha value is -4.34.